The van der Waals surface area contributed by atoms with Crippen LogP contribution in [0.5, 0.6) is 0 Å². The van der Waals surface area contributed by atoms with Crippen LogP contribution in [0.25, 0.3) is 0 Å². The summed E-state index contributed by atoms with van der Waals surface area (Å²) < 4.78 is 25.5. The van der Waals surface area contributed by atoms with E-state index in [1.165, 1.54) is 0 Å². The number of aliphatic hydroxyl groups excluding tert-OH is 1. The molecule has 0 fully saturated rings. The van der Waals surface area contributed by atoms with Crippen LogP contribution >= 0.6 is 7.82 Å². The van der Waals surface area contributed by atoms with Crippen LogP contribution in [0.4, 0.5) is 0 Å². The largest absolute Gasteiger partial charge is 0.472 e. The van der Waals surface area contributed by atoms with Crippen molar-refractivity contribution in [2.24, 2.45) is 5.73 Å². The van der Waals surface area contributed by atoms with Crippen LogP contribution in [0.2, 0.25) is 0 Å². The molecule has 0 saturated carbocycles. The predicted octanol–water partition coefficient (Wildman–Crippen LogP) is 5.68. The van der Waals surface area contributed by atoms with Gasteiger partial charge in [-0.25, -0.2) is 4.57 Å². The third kappa shape index (κ3) is 25.3. The highest BCUT2D eigenvalue weighted by Gasteiger charge is 2.22. The van der Waals surface area contributed by atoms with E-state index in [1.54, 1.807) is 0 Å². The summed E-state index contributed by atoms with van der Waals surface area (Å²) >= 11 is 0. The zero-order valence-corrected chi connectivity index (χ0v) is 22.6. The van der Waals surface area contributed by atoms with Crippen molar-refractivity contribution in [3.63, 3.8) is 0 Å². The van der Waals surface area contributed by atoms with Crippen molar-refractivity contribution in [3.8, 4) is 0 Å². The highest BCUT2D eigenvalue weighted by atomic mass is 31.2. The lowest BCUT2D eigenvalue weighted by atomic mass is 10.1. The molecule has 4 N–H and O–H groups in total. The van der Waals surface area contributed by atoms with Gasteiger partial charge in [-0.3, -0.25) is 13.8 Å². The van der Waals surface area contributed by atoms with Gasteiger partial charge in [0.15, 0.2) is 0 Å². The molecular formula is C27H46NO7P. The number of nitrogens with two attached hydrogens (primary N) is 1. The SMILES string of the molecule is CCC=CCC=CCC=CCC=CCC=CCCCCCC(=O)OCC(O)COP(=O)(O)OCCN. The second-order valence-corrected chi connectivity index (χ2v) is 9.48. The van der Waals surface area contributed by atoms with Gasteiger partial charge in [0.2, 0.25) is 0 Å². The van der Waals surface area contributed by atoms with Crippen molar-refractivity contribution < 1.29 is 33.1 Å². The van der Waals surface area contributed by atoms with Crippen LogP contribution < -0.4 is 5.73 Å². The molecule has 2 atom stereocenters. The van der Waals surface area contributed by atoms with Crippen molar-refractivity contribution >= 4 is 13.8 Å². The second-order valence-electron chi connectivity index (χ2n) is 8.03. The summed E-state index contributed by atoms with van der Waals surface area (Å²) in [6.45, 7) is 1.27. The molecule has 8 nitrogen and oxygen atoms in total. The Bertz CT molecular complexity index is 732. The molecular weight excluding hydrogens is 481 g/mol. The Kier molecular flexibility index (Phi) is 23.6. The third-order valence-electron chi connectivity index (χ3n) is 4.65. The van der Waals surface area contributed by atoms with E-state index in [4.69, 9.17) is 10.5 Å². The van der Waals surface area contributed by atoms with E-state index in [2.05, 4.69) is 76.7 Å². The Labute approximate surface area is 217 Å². The summed E-state index contributed by atoms with van der Waals surface area (Å²) in [5.74, 6) is -0.421. The van der Waals surface area contributed by atoms with Crippen LogP contribution in [-0.4, -0.2) is 48.4 Å². The number of ether oxygens (including phenoxy) is 1. The molecule has 0 aromatic rings. The number of allylic oxidation sites excluding steroid dienone is 10. The monoisotopic (exact) mass is 527 g/mol. The van der Waals surface area contributed by atoms with Crippen LogP contribution in [-0.2, 0) is 23.1 Å². The van der Waals surface area contributed by atoms with Crippen molar-refractivity contribution in [3.05, 3.63) is 60.8 Å². The highest BCUT2D eigenvalue weighted by Crippen LogP contribution is 2.42. The zero-order chi connectivity index (χ0) is 26.7. The standard InChI is InChI=1S/C27H46NO7P/c1-2-3-4-5-6-7-8-9-10-11-12-13-14-15-16-17-18-19-20-21-27(30)33-24-26(29)25-35-36(31,32)34-23-22-28/h3-4,6-7,9-10,12-13,15-16,26,29H,2,5,8,11,14,17-25,28H2,1H3,(H,31,32). The lowest BCUT2D eigenvalue weighted by Gasteiger charge is -2.15. The number of carbonyl (C=O) groups is 1. The molecule has 0 heterocycles. The fourth-order valence-corrected chi connectivity index (χ4v) is 3.54. The predicted molar refractivity (Wildman–Crippen MR) is 145 cm³/mol. The number of phosphoric acid groups is 1. The Hall–Kier alpha value is -1.80. The molecule has 36 heavy (non-hydrogen) atoms. The van der Waals surface area contributed by atoms with E-state index in [0.717, 1.165) is 51.4 Å². The van der Waals surface area contributed by atoms with Crippen LogP contribution in [0.15, 0.2) is 60.8 Å². The fraction of sp³-hybridized carbons (Fsp3) is 0.593. The van der Waals surface area contributed by atoms with Crippen LogP contribution in [0.3, 0.4) is 0 Å². The molecule has 0 amide bonds. The van der Waals surface area contributed by atoms with Gasteiger partial charge in [-0.2, -0.15) is 0 Å². The Morgan fingerprint density at radius 1 is 0.833 bits per heavy atom. The molecule has 0 spiro atoms. The quantitative estimate of drug-likeness (QED) is 0.0670. The maximum Gasteiger partial charge on any atom is 0.472 e. The summed E-state index contributed by atoms with van der Waals surface area (Å²) in [7, 11) is -4.26. The van der Waals surface area contributed by atoms with Gasteiger partial charge in [-0.1, -0.05) is 74.1 Å². The first-order valence-corrected chi connectivity index (χ1v) is 14.3. The third-order valence-corrected chi connectivity index (χ3v) is 5.63. The Morgan fingerprint density at radius 3 is 1.94 bits per heavy atom. The molecule has 0 bridgehead atoms. The van der Waals surface area contributed by atoms with Gasteiger partial charge in [0.25, 0.3) is 0 Å². The lowest BCUT2D eigenvalue weighted by molar-refractivity contribution is -0.147. The topological polar surface area (TPSA) is 128 Å². The lowest BCUT2D eigenvalue weighted by Crippen LogP contribution is -2.23. The average Bonchev–Trinajstić information content (AvgIpc) is 2.86. The molecule has 0 aromatic heterocycles. The van der Waals surface area contributed by atoms with Crippen LogP contribution in [0, 0.1) is 0 Å². The number of unbranched alkanes of at least 4 members (excludes halogenated alkanes) is 3. The van der Waals surface area contributed by atoms with Crippen molar-refractivity contribution in [1.82, 2.24) is 0 Å². The van der Waals surface area contributed by atoms with Crippen molar-refractivity contribution in [2.75, 3.05) is 26.4 Å². The Balaban J connectivity index is 3.63. The van der Waals surface area contributed by atoms with Crippen molar-refractivity contribution in [2.45, 2.75) is 77.2 Å². The normalized spacial score (nSPS) is 15.1. The van der Waals surface area contributed by atoms with Gasteiger partial charge < -0.3 is 20.5 Å². The van der Waals surface area contributed by atoms with Gasteiger partial charge in [0.1, 0.15) is 12.7 Å². The molecule has 0 saturated heterocycles. The summed E-state index contributed by atoms with van der Waals surface area (Å²) in [5, 5.41) is 9.69. The molecule has 0 aliphatic heterocycles. The minimum Gasteiger partial charge on any atom is -0.463 e. The highest BCUT2D eigenvalue weighted by molar-refractivity contribution is 7.47. The van der Waals surface area contributed by atoms with E-state index in [9.17, 15) is 19.4 Å². The fourth-order valence-electron chi connectivity index (χ4n) is 2.77. The van der Waals surface area contributed by atoms with Gasteiger partial charge >= 0.3 is 13.8 Å². The molecule has 0 radical (unpaired) electrons. The average molecular weight is 528 g/mol. The summed E-state index contributed by atoms with van der Waals surface area (Å²) in [5.41, 5.74) is 5.17. The summed E-state index contributed by atoms with van der Waals surface area (Å²) in [6, 6.07) is 0. The van der Waals surface area contributed by atoms with Gasteiger partial charge in [0.05, 0.1) is 13.2 Å². The minimum absolute atomic E-state index is 0.0659. The molecule has 2 unspecified atom stereocenters. The second kappa shape index (κ2) is 24.9. The van der Waals surface area contributed by atoms with E-state index in [1.807, 2.05) is 0 Å². The molecule has 9 heteroatoms. The van der Waals surface area contributed by atoms with Gasteiger partial charge in [0, 0.05) is 13.0 Å². The van der Waals surface area contributed by atoms with E-state index < -0.39 is 26.5 Å². The smallest absolute Gasteiger partial charge is 0.463 e. The maximum atomic E-state index is 11.7. The summed E-state index contributed by atoms with van der Waals surface area (Å²) in [4.78, 5) is 21.0. The number of phosphoric ester groups is 1. The van der Waals surface area contributed by atoms with E-state index in [-0.39, 0.29) is 26.2 Å². The molecule has 0 aromatic carbocycles. The van der Waals surface area contributed by atoms with Crippen LogP contribution in [0.1, 0.15) is 71.1 Å². The first-order chi connectivity index (χ1) is 17.4. The first-order valence-electron chi connectivity index (χ1n) is 12.8. The molecule has 206 valence electrons. The maximum absolute atomic E-state index is 11.7. The number of esters is 1. The van der Waals surface area contributed by atoms with Crippen molar-refractivity contribution in [1.29, 1.82) is 0 Å². The van der Waals surface area contributed by atoms with E-state index >= 15 is 0 Å². The number of hydrogen-bond acceptors (Lipinski definition) is 7. The van der Waals surface area contributed by atoms with Gasteiger partial charge in [-0.15, -0.1) is 0 Å². The Morgan fingerprint density at radius 2 is 1.39 bits per heavy atom. The number of hydrogen-bond donors (Lipinski definition) is 3. The van der Waals surface area contributed by atoms with Gasteiger partial charge in [-0.05, 0) is 51.4 Å². The van der Waals surface area contributed by atoms with E-state index in [0.29, 0.717) is 6.42 Å². The molecule has 0 aliphatic carbocycles. The number of carbonyl (C=O) groups excluding carboxylic acids is 1. The first kappa shape index (κ1) is 34.2. The molecule has 0 rings (SSSR count). The molecule has 0 aliphatic rings. The number of rotatable bonds is 23. The zero-order valence-electron chi connectivity index (χ0n) is 21.7. The summed E-state index contributed by atoms with van der Waals surface area (Å²) in [6.07, 6.45) is 29.3. The number of aliphatic hydroxyl groups is 1. The minimum atomic E-state index is -4.26.